The molecule has 5 nitrogen and oxygen atoms in total. The van der Waals surface area contributed by atoms with E-state index in [9.17, 15) is 9.59 Å². The van der Waals surface area contributed by atoms with E-state index >= 15 is 0 Å². The van der Waals surface area contributed by atoms with Gasteiger partial charge >= 0.3 is 12.1 Å². The van der Waals surface area contributed by atoms with E-state index < -0.39 is 6.09 Å². The molecule has 1 atom stereocenters. The van der Waals surface area contributed by atoms with Crippen LogP contribution < -0.4 is 5.32 Å². The molecule has 86 valence electrons. The fourth-order valence-electron chi connectivity index (χ4n) is 0.966. The second-order valence-corrected chi connectivity index (χ2v) is 2.82. The zero-order valence-electron chi connectivity index (χ0n) is 9.12. The van der Waals surface area contributed by atoms with E-state index in [2.05, 4.69) is 16.6 Å². The van der Waals surface area contributed by atoms with Crippen molar-refractivity contribution in [3.05, 3.63) is 12.7 Å². The lowest BCUT2D eigenvalue weighted by molar-refractivity contribution is -0.143. The minimum Gasteiger partial charge on any atom is -0.466 e. The third-order valence-electron chi connectivity index (χ3n) is 1.74. The molecule has 0 fully saturated rings. The number of amides is 1. The molecule has 0 bridgehead atoms. The maximum atomic E-state index is 11.0. The highest BCUT2D eigenvalue weighted by atomic mass is 16.5. The van der Waals surface area contributed by atoms with Crippen LogP contribution in [0.25, 0.3) is 0 Å². The maximum Gasteiger partial charge on any atom is 0.407 e. The fourth-order valence-corrected chi connectivity index (χ4v) is 0.966. The zero-order chi connectivity index (χ0) is 11.7. The molecule has 5 heteroatoms. The highest BCUT2D eigenvalue weighted by molar-refractivity contribution is 5.70. The van der Waals surface area contributed by atoms with E-state index in [1.54, 1.807) is 13.0 Å². The highest BCUT2D eigenvalue weighted by Gasteiger charge is 2.11. The van der Waals surface area contributed by atoms with Crippen molar-refractivity contribution in [3.63, 3.8) is 0 Å². The van der Waals surface area contributed by atoms with Gasteiger partial charge in [0, 0.05) is 6.42 Å². The normalized spacial score (nSPS) is 11.3. The van der Waals surface area contributed by atoms with Crippen LogP contribution in [-0.4, -0.2) is 31.8 Å². The molecular weight excluding hydrogens is 198 g/mol. The van der Waals surface area contributed by atoms with Crippen molar-refractivity contribution in [1.82, 2.24) is 5.32 Å². The van der Waals surface area contributed by atoms with Crippen molar-refractivity contribution in [2.45, 2.75) is 25.8 Å². The maximum absolute atomic E-state index is 11.0. The molecule has 0 spiro atoms. The fraction of sp³-hybridized carbons (Fsp3) is 0.600. The van der Waals surface area contributed by atoms with Crippen molar-refractivity contribution >= 4 is 12.1 Å². The van der Waals surface area contributed by atoms with Crippen LogP contribution in [0.4, 0.5) is 4.79 Å². The average molecular weight is 215 g/mol. The number of carbonyl (C=O) groups excluding carboxylic acids is 2. The van der Waals surface area contributed by atoms with Crippen LogP contribution in [0.1, 0.15) is 19.8 Å². The molecule has 0 heterocycles. The van der Waals surface area contributed by atoms with Gasteiger partial charge in [0.2, 0.25) is 0 Å². The number of nitrogens with one attached hydrogen (secondary N) is 1. The van der Waals surface area contributed by atoms with Gasteiger partial charge in [-0.05, 0) is 13.3 Å². The Morgan fingerprint density at radius 2 is 2.20 bits per heavy atom. The van der Waals surface area contributed by atoms with Crippen LogP contribution in [0.15, 0.2) is 12.7 Å². The van der Waals surface area contributed by atoms with E-state index in [4.69, 9.17) is 4.74 Å². The summed E-state index contributed by atoms with van der Waals surface area (Å²) < 4.78 is 9.17. The summed E-state index contributed by atoms with van der Waals surface area (Å²) in [5.41, 5.74) is 0. The van der Waals surface area contributed by atoms with Crippen molar-refractivity contribution in [2.75, 3.05) is 13.7 Å². The first-order valence-electron chi connectivity index (χ1n) is 4.76. The van der Waals surface area contributed by atoms with E-state index in [0.717, 1.165) is 0 Å². The summed E-state index contributed by atoms with van der Waals surface area (Å²) in [4.78, 5) is 21.9. The predicted octanol–water partition coefficient (Wildman–Crippen LogP) is 1.24. The molecule has 0 radical (unpaired) electrons. The Kier molecular flexibility index (Phi) is 7.05. The van der Waals surface area contributed by atoms with Gasteiger partial charge < -0.3 is 14.8 Å². The molecule has 0 rings (SSSR count). The Bertz CT molecular complexity index is 227. The lowest BCUT2D eigenvalue weighted by Crippen LogP contribution is -2.33. The smallest absolute Gasteiger partial charge is 0.407 e. The Hall–Kier alpha value is -1.52. The minimum atomic E-state index is -0.538. The minimum absolute atomic E-state index is 0.245. The van der Waals surface area contributed by atoms with Gasteiger partial charge in [-0.3, -0.25) is 4.79 Å². The Morgan fingerprint density at radius 3 is 2.67 bits per heavy atom. The number of hydrogen-bond acceptors (Lipinski definition) is 4. The molecule has 0 aliphatic heterocycles. The molecule has 0 saturated carbocycles. The van der Waals surface area contributed by atoms with Gasteiger partial charge in [-0.25, -0.2) is 4.79 Å². The lowest BCUT2D eigenvalue weighted by Gasteiger charge is -2.12. The molecule has 0 saturated heterocycles. The summed E-state index contributed by atoms with van der Waals surface area (Å²) >= 11 is 0. The average Bonchev–Trinajstić information content (AvgIpc) is 2.24. The number of alkyl carbamates (subject to hydrolysis) is 1. The van der Waals surface area contributed by atoms with Crippen molar-refractivity contribution < 1.29 is 19.1 Å². The number of rotatable bonds is 6. The summed E-state index contributed by atoms with van der Waals surface area (Å²) in [6, 6.07) is -0.276. The molecule has 0 aliphatic carbocycles. The first-order valence-corrected chi connectivity index (χ1v) is 4.76. The number of carbonyl (C=O) groups is 2. The van der Waals surface area contributed by atoms with Gasteiger partial charge in [0.1, 0.15) is 0 Å². The van der Waals surface area contributed by atoms with Crippen molar-refractivity contribution in [1.29, 1.82) is 0 Å². The number of hydrogen-bond donors (Lipinski definition) is 1. The summed E-state index contributed by atoms with van der Waals surface area (Å²) in [7, 11) is 1.28. The van der Waals surface area contributed by atoms with Gasteiger partial charge in [0.05, 0.1) is 19.8 Å². The summed E-state index contributed by atoms with van der Waals surface area (Å²) in [6.45, 7) is 5.66. The molecule has 15 heavy (non-hydrogen) atoms. The topological polar surface area (TPSA) is 64.6 Å². The molecule has 0 unspecified atom stereocenters. The van der Waals surface area contributed by atoms with Crippen molar-refractivity contribution in [2.24, 2.45) is 0 Å². The SMILES string of the molecule is C=C[C@@H](CCC(=O)OCC)NC(=O)OC. The number of esters is 1. The number of methoxy groups -OCH3 is 1. The van der Waals surface area contributed by atoms with Gasteiger partial charge in [0.15, 0.2) is 0 Å². The second kappa shape index (κ2) is 7.84. The zero-order valence-corrected chi connectivity index (χ0v) is 9.12. The molecular formula is C10H17NO4. The van der Waals surface area contributed by atoms with E-state index in [-0.39, 0.29) is 18.4 Å². The molecule has 1 N–H and O–H groups in total. The second-order valence-electron chi connectivity index (χ2n) is 2.82. The molecule has 1 amide bonds. The standard InChI is InChI=1S/C10H17NO4/c1-4-8(11-10(13)14-3)6-7-9(12)15-5-2/h4,8H,1,5-7H2,2-3H3,(H,11,13)/t8-/m0/s1. The van der Waals surface area contributed by atoms with Gasteiger partial charge in [-0.15, -0.1) is 6.58 Å². The van der Waals surface area contributed by atoms with Crippen LogP contribution in [0.3, 0.4) is 0 Å². The summed E-state index contributed by atoms with van der Waals surface area (Å²) in [6.07, 6.45) is 1.71. The first-order chi connectivity index (χ1) is 7.13. The first kappa shape index (κ1) is 13.5. The summed E-state index contributed by atoms with van der Waals surface area (Å²) in [5, 5.41) is 2.53. The van der Waals surface area contributed by atoms with E-state index in [1.807, 2.05) is 0 Å². The monoisotopic (exact) mass is 215 g/mol. The third-order valence-corrected chi connectivity index (χ3v) is 1.74. The van der Waals surface area contributed by atoms with Crippen LogP contribution >= 0.6 is 0 Å². The quantitative estimate of drug-likeness (QED) is 0.535. The molecule has 0 aromatic heterocycles. The Morgan fingerprint density at radius 1 is 1.53 bits per heavy atom. The Balaban J connectivity index is 3.84. The predicted molar refractivity (Wildman–Crippen MR) is 55.4 cm³/mol. The largest absolute Gasteiger partial charge is 0.466 e. The lowest BCUT2D eigenvalue weighted by atomic mass is 10.1. The van der Waals surface area contributed by atoms with E-state index in [1.165, 1.54) is 7.11 Å². The van der Waals surface area contributed by atoms with Crippen LogP contribution in [0, 0.1) is 0 Å². The van der Waals surface area contributed by atoms with E-state index in [0.29, 0.717) is 13.0 Å². The Labute approximate surface area is 89.4 Å². The number of ether oxygens (including phenoxy) is 2. The molecule has 0 aromatic rings. The molecule has 0 aliphatic rings. The van der Waals surface area contributed by atoms with Gasteiger partial charge in [-0.2, -0.15) is 0 Å². The van der Waals surface area contributed by atoms with Crippen molar-refractivity contribution in [3.8, 4) is 0 Å². The van der Waals surface area contributed by atoms with Crippen LogP contribution in [0.5, 0.6) is 0 Å². The van der Waals surface area contributed by atoms with Crippen LogP contribution in [-0.2, 0) is 14.3 Å². The molecule has 0 aromatic carbocycles. The van der Waals surface area contributed by atoms with Gasteiger partial charge in [0.25, 0.3) is 0 Å². The van der Waals surface area contributed by atoms with Crippen LogP contribution in [0.2, 0.25) is 0 Å². The van der Waals surface area contributed by atoms with Gasteiger partial charge in [-0.1, -0.05) is 6.08 Å². The third kappa shape index (κ3) is 6.54. The summed E-state index contributed by atoms with van der Waals surface area (Å²) in [5.74, 6) is -0.281. The highest BCUT2D eigenvalue weighted by Crippen LogP contribution is 2.00.